The average molecular weight is 250 g/mol. The molecule has 0 amide bonds. The topological polar surface area (TPSA) is 45.4 Å². The lowest BCUT2D eigenvalue weighted by atomic mass is 9.94. The predicted octanol–water partition coefficient (Wildman–Crippen LogP) is 4.08. The van der Waals surface area contributed by atoms with Gasteiger partial charge >= 0.3 is 0 Å². The van der Waals surface area contributed by atoms with E-state index in [1.165, 1.54) is 25.7 Å². The van der Waals surface area contributed by atoms with Crippen molar-refractivity contribution >= 4 is 5.90 Å². The smallest absolute Gasteiger partial charge is 0.184 e. The first kappa shape index (κ1) is 15.0. The molecule has 3 nitrogen and oxygen atoms in total. The van der Waals surface area contributed by atoms with Gasteiger partial charge in [0.2, 0.25) is 0 Å². The SMILES string of the molecule is CCCCCCC(CC#N)CC1=NC(C)(C)CO1. The van der Waals surface area contributed by atoms with Crippen molar-refractivity contribution in [3.05, 3.63) is 0 Å². The first-order valence-corrected chi connectivity index (χ1v) is 7.16. The molecule has 18 heavy (non-hydrogen) atoms. The summed E-state index contributed by atoms with van der Waals surface area (Å²) in [6.45, 7) is 7.06. The summed E-state index contributed by atoms with van der Waals surface area (Å²) in [7, 11) is 0. The van der Waals surface area contributed by atoms with Crippen molar-refractivity contribution in [1.29, 1.82) is 5.26 Å². The maximum atomic E-state index is 8.89. The summed E-state index contributed by atoms with van der Waals surface area (Å²) in [5, 5.41) is 8.89. The number of nitriles is 1. The summed E-state index contributed by atoms with van der Waals surface area (Å²) in [6.07, 6.45) is 7.62. The Labute approximate surface area is 111 Å². The summed E-state index contributed by atoms with van der Waals surface area (Å²) >= 11 is 0. The fourth-order valence-corrected chi connectivity index (χ4v) is 2.28. The Bertz CT molecular complexity index is 315. The third kappa shape index (κ3) is 5.53. The minimum Gasteiger partial charge on any atom is -0.478 e. The van der Waals surface area contributed by atoms with Gasteiger partial charge in [0.15, 0.2) is 5.90 Å². The van der Waals surface area contributed by atoms with Crippen LogP contribution in [0.4, 0.5) is 0 Å². The van der Waals surface area contributed by atoms with E-state index in [9.17, 15) is 0 Å². The number of ether oxygens (including phenoxy) is 1. The average Bonchev–Trinajstić information content (AvgIpc) is 2.64. The molecule has 0 aromatic carbocycles. The van der Waals surface area contributed by atoms with Crippen LogP contribution in [0.3, 0.4) is 0 Å². The number of aliphatic imine (C=N–C) groups is 1. The second-order valence-corrected chi connectivity index (χ2v) is 5.89. The third-order valence-electron chi connectivity index (χ3n) is 3.33. The van der Waals surface area contributed by atoms with Crippen molar-refractivity contribution in [1.82, 2.24) is 0 Å². The number of hydrogen-bond acceptors (Lipinski definition) is 3. The van der Waals surface area contributed by atoms with Crippen LogP contribution in [0.25, 0.3) is 0 Å². The molecule has 0 aliphatic carbocycles. The second kappa shape index (κ2) is 7.41. The molecule has 0 radical (unpaired) electrons. The molecule has 0 aromatic heterocycles. The fraction of sp³-hybridized carbons (Fsp3) is 0.867. The van der Waals surface area contributed by atoms with Gasteiger partial charge in [-0.15, -0.1) is 0 Å². The zero-order valence-electron chi connectivity index (χ0n) is 12.0. The highest BCUT2D eigenvalue weighted by molar-refractivity contribution is 5.78. The Morgan fingerprint density at radius 3 is 2.72 bits per heavy atom. The van der Waals surface area contributed by atoms with Crippen LogP contribution in [-0.4, -0.2) is 18.0 Å². The summed E-state index contributed by atoms with van der Waals surface area (Å²) in [6, 6.07) is 2.29. The van der Waals surface area contributed by atoms with E-state index in [-0.39, 0.29) is 5.54 Å². The van der Waals surface area contributed by atoms with Gasteiger partial charge in [0.05, 0.1) is 11.6 Å². The standard InChI is InChI=1S/C15H26N2O/c1-4-5-6-7-8-13(9-10-16)11-14-17-15(2,3)12-18-14/h13H,4-9,11-12H2,1-3H3. The van der Waals surface area contributed by atoms with Gasteiger partial charge in [-0.2, -0.15) is 5.26 Å². The molecular formula is C15H26N2O. The minimum atomic E-state index is -0.0747. The Morgan fingerprint density at radius 1 is 1.39 bits per heavy atom. The van der Waals surface area contributed by atoms with Gasteiger partial charge in [-0.1, -0.05) is 32.6 Å². The lowest BCUT2D eigenvalue weighted by molar-refractivity contribution is 0.268. The van der Waals surface area contributed by atoms with E-state index in [2.05, 4.69) is 31.8 Å². The molecule has 0 saturated carbocycles. The molecular weight excluding hydrogens is 224 g/mol. The normalized spacial score (nSPS) is 18.9. The van der Waals surface area contributed by atoms with Gasteiger partial charge in [-0.05, 0) is 26.2 Å². The van der Waals surface area contributed by atoms with Crippen molar-refractivity contribution < 1.29 is 4.74 Å². The molecule has 0 saturated heterocycles. The number of rotatable bonds is 8. The second-order valence-electron chi connectivity index (χ2n) is 5.89. The van der Waals surface area contributed by atoms with Crippen molar-refractivity contribution in [2.45, 2.75) is 71.3 Å². The molecule has 1 unspecified atom stereocenters. The van der Waals surface area contributed by atoms with Gasteiger partial charge in [-0.3, -0.25) is 0 Å². The van der Waals surface area contributed by atoms with E-state index in [4.69, 9.17) is 10.00 Å². The van der Waals surface area contributed by atoms with Crippen LogP contribution in [-0.2, 0) is 4.74 Å². The molecule has 102 valence electrons. The van der Waals surface area contributed by atoms with E-state index in [0.717, 1.165) is 18.7 Å². The monoisotopic (exact) mass is 250 g/mol. The van der Waals surface area contributed by atoms with Crippen molar-refractivity contribution in [2.75, 3.05) is 6.61 Å². The van der Waals surface area contributed by atoms with E-state index >= 15 is 0 Å². The Kier molecular flexibility index (Phi) is 6.18. The minimum absolute atomic E-state index is 0.0747. The first-order chi connectivity index (χ1) is 8.57. The predicted molar refractivity (Wildman–Crippen MR) is 74.6 cm³/mol. The summed E-state index contributed by atoms with van der Waals surface area (Å²) in [5.74, 6) is 1.27. The van der Waals surface area contributed by atoms with Crippen LogP contribution in [0, 0.1) is 17.2 Å². The molecule has 0 aromatic rings. The summed E-state index contributed by atoms with van der Waals surface area (Å²) in [5.41, 5.74) is -0.0747. The molecule has 1 atom stereocenters. The maximum absolute atomic E-state index is 8.89. The Morgan fingerprint density at radius 2 is 2.17 bits per heavy atom. The molecule has 1 aliphatic heterocycles. The number of unbranched alkanes of at least 4 members (excludes halogenated alkanes) is 3. The largest absolute Gasteiger partial charge is 0.478 e. The van der Waals surface area contributed by atoms with Crippen LogP contribution in [0.2, 0.25) is 0 Å². The van der Waals surface area contributed by atoms with Crippen molar-refractivity contribution in [2.24, 2.45) is 10.9 Å². The van der Waals surface area contributed by atoms with E-state index < -0.39 is 0 Å². The number of nitrogens with zero attached hydrogens (tertiary/aromatic N) is 2. The molecule has 1 aliphatic rings. The van der Waals surface area contributed by atoms with Crippen LogP contribution in [0.5, 0.6) is 0 Å². The number of hydrogen-bond donors (Lipinski definition) is 0. The van der Waals surface area contributed by atoms with Gasteiger partial charge in [0.1, 0.15) is 6.61 Å². The summed E-state index contributed by atoms with van der Waals surface area (Å²) < 4.78 is 5.61. The molecule has 0 spiro atoms. The van der Waals surface area contributed by atoms with Gasteiger partial charge in [0, 0.05) is 12.8 Å². The van der Waals surface area contributed by atoms with Gasteiger partial charge in [0.25, 0.3) is 0 Å². The quantitative estimate of drug-likeness (QED) is 0.609. The lowest BCUT2D eigenvalue weighted by Gasteiger charge is -2.12. The van der Waals surface area contributed by atoms with Crippen molar-refractivity contribution in [3.8, 4) is 6.07 Å². The molecule has 0 bridgehead atoms. The van der Waals surface area contributed by atoms with E-state index in [0.29, 0.717) is 18.9 Å². The first-order valence-electron chi connectivity index (χ1n) is 7.16. The Hall–Kier alpha value is -1.04. The molecule has 0 fully saturated rings. The van der Waals surface area contributed by atoms with Gasteiger partial charge in [-0.25, -0.2) is 4.99 Å². The molecule has 0 N–H and O–H groups in total. The molecule has 1 rings (SSSR count). The van der Waals surface area contributed by atoms with Crippen LogP contribution in [0.15, 0.2) is 4.99 Å². The highest BCUT2D eigenvalue weighted by Gasteiger charge is 2.27. The van der Waals surface area contributed by atoms with E-state index in [1.807, 2.05) is 0 Å². The van der Waals surface area contributed by atoms with Crippen molar-refractivity contribution in [3.63, 3.8) is 0 Å². The zero-order chi connectivity index (χ0) is 13.4. The highest BCUT2D eigenvalue weighted by atomic mass is 16.5. The molecule has 3 heteroatoms. The van der Waals surface area contributed by atoms with Crippen LogP contribution >= 0.6 is 0 Å². The lowest BCUT2D eigenvalue weighted by Crippen LogP contribution is -2.17. The Balaban J connectivity index is 2.36. The molecule has 1 heterocycles. The summed E-state index contributed by atoms with van der Waals surface area (Å²) in [4.78, 5) is 4.57. The highest BCUT2D eigenvalue weighted by Crippen LogP contribution is 2.24. The van der Waals surface area contributed by atoms with Crippen LogP contribution in [0.1, 0.15) is 65.7 Å². The van der Waals surface area contributed by atoms with E-state index in [1.54, 1.807) is 0 Å². The zero-order valence-corrected chi connectivity index (χ0v) is 12.0. The third-order valence-corrected chi connectivity index (χ3v) is 3.33. The maximum Gasteiger partial charge on any atom is 0.184 e. The fourth-order valence-electron chi connectivity index (χ4n) is 2.28. The van der Waals surface area contributed by atoms with Crippen LogP contribution < -0.4 is 0 Å². The van der Waals surface area contributed by atoms with Gasteiger partial charge < -0.3 is 4.74 Å².